The van der Waals surface area contributed by atoms with E-state index in [1.165, 1.54) is 12.1 Å². The van der Waals surface area contributed by atoms with Crippen molar-refractivity contribution in [2.24, 2.45) is 0 Å². The lowest BCUT2D eigenvalue weighted by molar-refractivity contribution is -0.141. The molecule has 0 bridgehead atoms. The number of halogens is 3. The quantitative estimate of drug-likeness (QED) is 0.906. The number of hydrogen-bond acceptors (Lipinski definition) is 3. The van der Waals surface area contributed by atoms with Crippen molar-refractivity contribution in [2.45, 2.75) is 33.0 Å². The van der Waals surface area contributed by atoms with Gasteiger partial charge in [-0.1, -0.05) is 6.07 Å². The first-order valence-corrected chi connectivity index (χ1v) is 6.39. The highest BCUT2D eigenvalue weighted by Crippen LogP contribution is 2.28. The number of anilines is 1. The summed E-state index contributed by atoms with van der Waals surface area (Å²) in [5, 5.41) is 2.70. The minimum Gasteiger partial charge on any atom is -0.359 e. The van der Waals surface area contributed by atoms with Gasteiger partial charge in [0.25, 0.3) is 0 Å². The number of amides is 1. The molecule has 1 unspecified atom stereocenters. The summed E-state index contributed by atoms with van der Waals surface area (Å²) in [7, 11) is 0. The van der Waals surface area contributed by atoms with Crippen LogP contribution in [0.3, 0.4) is 0 Å². The van der Waals surface area contributed by atoms with Crippen LogP contribution in [0, 0.1) is 0 Å². The monoisotopic (exact) mass is 289 g/mol. The number of carbonyl (C=O) groups is 1. The van der Waals surface area contributed by atoms with Crippen molar-refractivity contribution < 1.29 is 18.0 Å². The van der Waals surface area contributed by atoms with Crippen molar-refractivity contribution in [1.29, 1.82) is 0 Å². The number of nitrogens with one attached hydrogen (secondary N) is 1. The van der Waals surface area contributed by atoms with Gasteiger partial charge in [0.1, 0.15) is 17.6 Å². The van der Waals surface area contributed by atoms with Gasteiger partial charge in [0.2, 0.25) is 5.91 Å². The van der Waals surface area contributed by atoms with Crippen LogP contribution in [0.15, 0.2) is 18.2 Å². The average Bonchev–Trinajstić information content (AvgIpc) is 2.39. The van der Waals surface area contributed by atoms with Crippen LogP contribution in [0.2, 0.25) is 0 Å². The standard InChI is InChI=1S/C13H18F3N3O/c1-4-19(5-2)12(20)9(3)17-11-8-6-7-10(18-11)13(14,15)16/h6-9H,4-5H2,1-3H3,(H,17,18). The van der Waals surface area contributed by atoms with E-state index >= 15 is 0 Å². The minimum atomic E-state index is -4.50. The highest BCUT2D eigenvalue weighted by Gasteiger charge is 2.32. The largest absolute Gasteiger partial charge is 0.433 e. The van der Waals surface area contributed by atoms with Gasteiger partial charge in [0.15, 0.2) is 0 Å². The highest BCUT2D eigenvalue weighted by atomic mass is 19.4. The molecule has 20 heavy (non-hydrogen) atoms. The molecular formula is C13H18F3N3O. The zero-order chi connectivity index (χ0) is 15.3. The lowest BCUT2D eigenvalue weighted by Crippen LogP contribution is -2.41. The molecule has 0 radical (unpaired) electrons. The number of hydrogen-bond donors (Lipinski definition) is 1. The van der Waals surface area contributed by atoms with Crippen LogP contribution < -0.4 is 5.32 Å². The first-order chi connectivity index (χ1) is 9.29. The van der Waals surface area contributed by atoms with E-state index < -0.39 is 17.9 Å². The molecule has 1 amide bonds. The van der Waals surface area contributed by atoms with Gasteiger partial charge in [-0.2, -0.15) is 13.2 Å². The Balaban J connectivity index is 2.81. The number of alkyl halides is 3. The van der Waals surface area contributed by atoms with Gasteiger partial charge >= 0.3 is 6.18 Å². The summed E-state index contributed by atoms with van der Waals surface area (Å²) in [6.07, 6.45) is -4.50. The predicted molar refractivity (Wildman–Crippen MR) is 70.3 cm³/mol. The third-order valence-corrected chi connectivity index (χ3v) is 2.85. The SMILES string of the molecule is CCN(CC)C(=O)C(C)Nc1cccc(C(F)(F)F)n1. The first kappa shape index (κ1) is 16.3. The maximum atomic E-state index is 12.5. The van der Waals surface area contributed by atoms with Crippen molar-refractivity contribution in [3.05, 3.63) is 23.9 Å². The first-order valence-electron chi connectivity index (χ1n) is 6.39. The van der Waals surface area contributed by atoms with Crippen molar-refractivity contribution in [3.8, 4) is 0 Å². The molecule has 0 fully saturated rings. The van der Waals surface area contributed by atoms with Crippen LogP contribution in [0.1, 0.15) is 26.5 Å². The van der Waals surface area contributed by atoms with E-state index in [9.17, 15) is 18.0 Å². The third kappa shape index (κ3) is 4.11. The molecule has 112 valence electrons. The lowest BCUT2D eigenvalue weighted by Gasteiger charge is -2.23. The molecule has 0 saturated heterocycles. The fourth-order valence-corrected chi connectivity index (χ4v) is 1.77. The van der Waals surface area contributed by atoms with Gasteiger partial charge < -0.3 is 10.2 Å². The van der Waals surface area contributed by atoms with Crippen LogP contribution in [0.4, 0.5) is 19.0 Å². The van der Waals surface area contributed by atoms with Crippen LogP contribution in [0.25, 0.3) is 0 Å². The summed E-state index contributed by atoms with van der Waals surface area (Å²) in [5.74, 6) is -0.137. The molecule has 1 atom stereocenters. The molecular weight excluding hydrogens is 271 g/mol. The van der Waals surface area contributed by atoms with Gasteiger partial charge in [0.05, 0.1) is 0 Å². The van der Waals surface area contributed by atoms with Gasteiger partial charge in [-0.25, -0.2) is 4.98 Å². The van der Waals surface area contributed by atoms with Gasteiger partial charge in [-0.05, 0) is 32.9 Å². The smallest absolute Gasteiger partial charge is 0.359 e. The number of carbonyl (C=O) groups excluding carboxylic acids is 1. The Morgan fingerprint density at radius 1 is 1.35 bits per heavy atom. The number of nitrogens with zero attached hydrogens (tertiary/aromatic N) is 2. The van der Waals surface area contributed by atoms with E-state index in [-0.39, 0.29) is 11.7 Å². The Morgan fingerprint density at radius 2 is 1.95 bits per heavy atom. The topological polar surface area (TPSA) is 45.2 Å². The molecule has 0 aliphatic heterocycles. The molecule has 1 heterocycles. The number of likely N-dealkylation sites (N-methyl/N-ethyl adjacent to an activating group) is 1. The Morgan fingerprint density at radius 3 is 2.45 bits per heavy atom. The van der Waals surface area contributed by atoms with Crippen molar-refractivity contribution in [2.75, 3.05) is 18.4 Å². The Hall–Kier alpha value is -1.79. The van der Waals surface area contributed by atoms with Gasteiger partial charge in [0, 0.05) is 13.1 Å². The van der Waals surface area contributed by atoms with E-state index in [0.717, 1.165) is 6.07 Å². The minimum absolute atomic E-state index is 0.0350. The van der Waals surface area contributed by atoms with Gasteiger partial charge in [-0.15, -0.1) is 0 Å². The zero-order valence-corrected chi connectivity index (χ0v) is 11.7. The molecule has 1 rings (SSSR count). The van der Waals surface area contributed by atoms with Crippen LogP contribution >= 0.6 is 0 Å². The predicted octanol–water partition coefficient (Wildman–Crippen LogP) is 2.77. The maximum Gasteiger partial charge on any atom is 0.433 e. The second kappa shape index (κ2) is 6.58. The molecule has 7 heteroatoms. The van der Waals surface area contributed by atoms with Crippen molar-refractivity contribution in [1.82, 2.24) is 9.88 Å². The lowest BCUT2D eigenvalue weighted by atomic mass is 10.2. The summed E-state index contributed by atoms with van der Waals surface area (Å²) >= 11 is 0. The van der Waals surface area contributed by atoms with Crippen LogP contribution in [-0.2, 0) is 11.0 Å². The summed E-state index contributed by atoms with van der Waals surface area (Å²) < 4.78 is 37.6. The molecule has 1 aromatic rings. The molecule has 0 saturated carbocycles. The van der Waals surface area contributed by atoms with E-state index in [1.807, 2.05) is 13.8 Å². The molecule has 0 spiro atoms. The molecule has 0 aliphatic carbocycles. The second-order valence-corrected chi connectivity index (χ2v) is 4.28. The Bertz CT molecular complexity index is 458. The molecule has 4 nitrogen and oxygen atoms in total. The van der Waals surface area contributed by atoms with Crippen LogP contribution in [0.5, 0.6) is 0 Å². The third-order valence-electron chi connectivity index (χ3n) is 2.85. The van der Waals surface area contributed by atoms with E-state index in [2.05, 4.69) is 10.3 Å². The average molecular weight is 289 g/mol. The number of pyridine rings is 1. The normalized spacial score (nSPS) is 12.9. The summed E-state index contributed by atoms with van der Waals surface area (Å²) in [4.78, 5) is 17.1. The maximum absolute atomic E-state index is 12.5. The molecule has 0 aromatic carbocycles. The fraction of sp³-hybridized carbons (Fsp3) is 0.538. The van der Waals surface area contributed by atoms with Crippen LogP contribution in [-0.4, -0.2) is 34.9 Å². The van der Waals surface area contributed by atoms with E-state index in [1.54, 1.807) is 11.8 Å². The Kier molecular flexibility index (Phi) is 5.35. The fourth-order valence-electron chi connectivity index (χ4n) is 1.77. The van der Waals surface area contributed by atoms with E-state index in [4.69, 9.17) is 0 Å². The summed E-state index contributed by atoms with van der Waals surface area (Å²) in [6.45, 7) is 6.39. The second-order valence-electron chi connectivity index (χ2n) is 4.28. The number of rotatable bonds is 5. The van der Waals surface area contributed by atoms with Crippen molar-refractivity contribution >= 4 is 11.7 Å². The summed E-state index contributed by atoms with van der Waals surface area (Å²) in [6, 6.07) is 2.92. The van der Waals surface area contributed by atoms with E-state index in [0.29, 0.717) is 13.1 Å². The van der Waals surface area contributed by atoms with Crippen molar-refractivity contribution in [3.63, 3.8) is 0 Å². The number of aromatic nitrogens is 1. The molecule has 0 aliphatic rings. The Labute approximate surface area is 116 Å². The molecule has 1 aromatic heterocycles. The highest BCUT2D eigenvalue weighted by molar-refractivity contribution is 5.83. The summed E-state index contributed by atoms with van der Waals surface area (Å²) in [5.41, 5.74) is -0.981. The molecule has 1 N–H and O–H groups in total. The van der Waals surface area contributed by atoms with Gasteiger partial charge in [-0.3, -0.25) is 4.79 Å². The zero-order valence-electron chi connectivity index (χ0n) is 11.7.